The van der Waals surface area contributed by atoms with Gasteiger partial charge in [0.25, 0.3) is 0 Å². The van der Waals surface area contributed by atoms with Gasteiger partial charge in [-0.25, -0.2) is 0 Å². The van der Waals surface area contributed by atoms with Crippen molar-refractivity contribution < 1.29 is 4.74 Å². The van der Waals surface area contributed by atoms with Crippen molar-refractivity contribution in [1.82, 2.24) is 0 Å². The van der Waals surface area contributed by atoms with Gasteiger partial charge in [0, 0.05) is 0 Å². The Morgan fingerprint density at radius 2 is 2.67 bits per heavy atom. The molecule has 0 radical (unpaired) electrons. The predicted octanol–water partition coefficient (Wildman–Crippen LogP) is 1.20. The van der Waals surface area contributed by atoms with Crippen LogP contribution < -0.4 is 0 Å². The van der Waals surface area contributed by atoms with Crippen LogP contribution in [0.15, 0.2) is 0 Å². The first-order chi connectivity index (χ1) is 2.89. The molecule has 0 aromatic heterocycles. The fourth-order valence-electron chi connectivity index (χ4n) is 0.452. The molecule has 1 heterocycles. The van der Waals surface area contributed by atoms with Crippen molar-refractivity contribution in [3.8, 4) is 0 Å². The summed E-state index contributed by atoms with van der Waals surface area (Å²) in [6.45, 7) is 2.04. The lowest BCUT2D eigenvalue weighted by Crippen LogP contribution is -1.86. The smallest absolute Gasteiger partial charge is 0.190 e. The fraction of sp³-hybridized carbons (Fsp3) is 0.750. The van der Waals surface area contributed by atoms with Crippen molar-refractivity contribution in [2.24, 2.45) is 0 Å². The van der Waals surface area contributed by atoms with E-state index in [1.54, 1.807) is 0 Å². The molecule has 6 heavy (non-hydrogen) atoms. The highest BCUT2D eigenvalue weighted by atomic mass is 31.1. The highest BCUT2D eigenvalue weighted by Crippen LogP contribution is 2.26. The normalized spacial score (nSPS) is 26.5. The average Bonchev–Trinajstić information content (AvgIpc) is 1.86. The Kier molecular flexibility index (Phi) is 1.33. The van der Waals surface area contributed by atoms with Gasteiger partial charge in [-0.15, -0.1) is 0 Å². The molecule has 34 valence electrons. The summed E-state index contributed by atoms with van der Waals surface area (Å²) in [5.41, 5.74) is 0. The summed E-state index contributed by atoms with van der Waals surface area (Å²) < 4.78 is 5.08. The van der Waals surface area contributed by atoms with Crippen LogP contribution in [0.2, 0.25) is 0 Å². The Bertz CT molecular complexity index is 40.8. The zero-order chi connectivity index (χ0) is 4.41. The summed E-state index contributed by atoms with van der Waals surface area (Å²) in [7, 11) is 1.03. The van der Waals surface area contributed by atoms with Gasteiger partial charge in [0.05, 0.1) is 0 Å². The summed E-state index contributed by atoms with van der Waals surface area (Å²) in [5.74, 6) is 0. The molecule has 0 aliphatic carbocycles. The molecule has 1 rings (SSSR count). The third-order valence-electron chi connectivity index (χ3n) is 0.795. The standard InChI is InChI=1S/C4H8OP/c1-4-2-6-3-5-4/h6H,2-3H2,1H3/q+1. The van der Waals surface area contributed by atoms with E-state index in [-0.39, 0.29) is 0 Å². The zero-order valence-corrected chi connectivity index (χ0v) is 4.82. The van der Waals surface area contributed by atoms with E-state index in [1.807, 2.05) is 6.92 Å². The minimum atomic E-state index is 0.978. The molecule has 0 saturated carbocycles. The first-order valence-corrected chi connectivity index (χ1v) is 3.47. The maximum Gasteiger partial charge on any atom is 0.242 e. The Labute approximate surface area is 39.9 Å². The highest BCUT2D eigenvalue weighted by Gasteiger charge is 2.20. The minimum absolute atomic E-state index is 0.978. The lowest BCUT2D eigenvalue weighted by molar-refractivity contribution is 0.225. The Hall–Kier alpha value is 0.260. The highest BCUT2D eigenvalue weighted by molar-refractivity contribution is 7.38. The summed E-state index contributed by atoms with van der Waals surface area (Å²) in [5, 5.41) is 0. The zero-order valence-electron chi connectivity index (χ0n) is 3.82. The van der Waals surface area contributed by atoms with Crippen LogP contribution in [-0.2, 0) is 4.74 Å². The fourth-order valence-corrected chi connectivity index (χ4v) is 1.36. The van der Waals surface area contributed by atoms with Crippen molar-refractivity contribution in [3.63, 3.8) is 0 Å². The number of rotatable bonds is 0. The molecular formula is C4H8OP+. The van der Waals surface area contributed by atoms with E-state index in [2.05, 4.69) is 0 Å². The van der Waals surface area contributed by atoms with Gasteiger partial charge in [0.1, 0.15) is 19.4 Å². The molecule has 1 aliphatic heterocycles. The van der Waals surface area contributed by atoms with Crippen LogP contribution in [0.5, 0.6) is 0 Å². The molecule has 1 atom stereocenters. The van der Waals surface area contributed by atoms with E-state index >= 15 is 0 Å². The SMILES string of the molecule is C[C+]1CPCO1. The molecule has 0 aromatic carbocycles. The van der Waals surface area contributed by atoms with Crippen LogP contribution in [0, 0.1) is 6.10 Å². The van der Waals surface area contributed by atoms with Crippen molar-refractivity contribution in [2.75, 3.05) is 12.5 Å². The topological polar surface area (TPSA) is 9.23 Å². The van der Waals surface area contributed by atoms with Crippen LogP contribution in [-0.4, -0.2) is 12.5 Å². The monoisotopic (exact) mass is 103 g/mol. The van der Waals surface area contributed by atoms with Crippen LogP contribution in [0.4, 0.5) is 0 Å². The van der Waals surface area contributed by atoms with E-state index in [0.29, 0.717) is 0 Å². The molecule has 0 aromatic rings. The minimum Gasteiger partial charge on any atom is -0.190 e. The molecule has 1 unspecified atom stereocenters. The maximum absolute atomic E-state index is 5.08. The van der Waals surface area contributed by atoms with Crippen LogP contribution in [0.25, 0.3) is 0 Å². The number of hydrogen-bond acceptors (Lipinski definition) is 1. The summed E-state index contributed by atoms with van der Waals surface area (Å²) in [6, 6.07) is 0. The van der Waals surface area contributed by atoms with Crippen molar-refractivity contribution in [3.05, 3.63) is 6.10 Å². The Morgan fingerprint density at radius 1 is 1.83 bits per heavy atom. The van der Waals surface area contributed by atoms with E-state index in [9.17, 15) is 0 Å². The molecule has 1 saturated heterocycles. The summed E-state index contributed by atoms with van der Waals surface area (Å²) in [4.78, 5) is 0. The number of ether oxygens (including phenoxy) is 1. The largest absolute Gasteiger partial charge is 0.242 e. The molecule has 0 spiro atoms. The first-order valence-electron chi connectivity index (χ1n) is 2.05. The van der Waals surface area contributed by atoms with Gasteiger partial charge in [-0.05, 0) is 8.58 Å². The lowest BCUT2D eigenvalue weighted by Gasteiger charge is -1.77. The molecule has 2 heteroatoms. The predicted molar refractivity (Wildman–Crippen MR) is 28.1 cm³/mol. The summed E-state index contributed by atoms with van der Waals surface area (Å²) >= 11 is 0. The van der Waals surface area contributed by atoms with Crippen LogP contribution in [0.3, 0.4) is 0 Å². The lowest BCUT2D eigenvalue weighted by atomic mass is 10.5. The van der Waals surface area contributed by atoms with Gasteiger partial charge in [0.2, 0.25) is 6.10 Å². The third kappa shape index (κ3) is 0.859. The van der Waals surface area contributed by atoms with Gasteiger partial charge in [-0.1, -0.05) is 0 Å². The van der Waals surface area contributed by atoms with Crippen LogP contribution in [0.1, 0.15) is 6.92 Å². The third-order valence-corrected chi connectivity index (χ3v) is 1.89. The van der Waals surface area contributed by atoms with Crippen LogP contribution >= 0.6 is 8.58 Å². The van der Waals surface area contributed by atoms with Gasteiger partial charge in [-0.3, -0.25) is 0 Å². The van der Waals surface area contributed by atoms with Gasteiger partial charge in [0.15, 0.2) is 0 Å². The molecule has 1 nitrogen and oxygen atoms in total. The van der Waals surface area contributed by atoms with Crippen molar-refractivity contribution in [1.29, 1.82) is 0 Å². The van der Waals surface area contributed by atoms with E-state index in [0.717, 1.165) is 14.9 Å². The molecule has 0 bridgehead atoms. The maximum atomic E-state index is 5.08. The molecular weight excluding hydrogens is 95.0 g/mol. The molecule has 0 N–H and O–H groups in total. The second-order valence-corrected chi connectivity index (χ2v) is 2.56. The van der Waals surface area contributed by atoms with E-state index in [1.165, 1.54) is 12.3 Å². The van der Waals surface area contributed by atoms with E-state index < -0.39 is 0 Å². The second-order valence-electron chi connectivity index (χ2n) is 1.42. The average molecular weight is 103 g/mol. The second kappa shape index (κ2) is 1.81. The Balaban J connectivity index is 2.18. The molecule has 1 fully saturated rings. The van der Waals surface area contributed by atoms with E-state index in [4.69, 9.17) is 4.74 Å². The van der Waals surface area contributed by atoms with Crippen molar-refractivity contribution in [2.45, 2.75) is 6.92 Å². The van der Waals surface area contributed by atoms with Crippen molar-refractivity contribution >= 4 is 8.58 Å². The first kappa shape index (κ1) is 4.42. The van der Waals surface area contributed by atoms with Gasteiger partial charge < -0.3 is 0 Å². The summed E-state index contributed by atoms with van der Waals surface area (Å²) in [6.07, 6.45) is 3.40. The number of hydrogen-bond donors (Lipinski definition) is 0. The van der Waals surface area contributed by atoms with Gasteiger partial charge >= 0.3 is 0 Å². The Morgan fingerprint density at radius 3 is 2.83 bits per heavy atom. The quantitative estimate of drug-likeness (QED) is 0.330. The molecule has 0 amide bonds. The molecule has 1 aliphatic rings. The van der Waals surface area contributed by atoms with Gasteiger partial charge in [-0.2, -0.15) is 4.74 Å².